The van der Waals surface area contributed by atoms with Crippen molar-refractivity contribution in [3.8, 4) is 11.8 Å². The smallest absolute Gasteiger partial charge is 0.342 e. The lowest BCUT2D eigenvalue weighted by molar-refractivity contribution is -0.119. The van der Waals surface area contributed by atoms with Crippen LogP contribution in [0, 0.1) is 11.3 Å². The molecule has 0 radical (unpaired) electrons. The van der Waals surface area contributed by atoms with Crippen molar-refractivity contribution in [3.63, 3.8) is 0 Å². The zero-order chi connectivity index (χ0) is 16.7. The van der Waals surface area contributed by atoms with Crippen LogP contribution in [0.3, 0.4) is 0 Å². The van der Waals surface area contributed by atoms with Crippen LogP contribution in [0.2, 0.25) is 0 Å². The number of carbonyl (C=O) groups excluding carboxylic acids is 2. The van der Waals surface area contributed by atoms with Crippen molar-refractivity contribution in [3.05, 3.63) is 46.8 Å². The number of esters is 1. The Bertz CT molecular complexity index is 749. The molecule has 0 saturated heterocycles. The van der Waals surface area contributed by atoms with Gasteiger partial charge < -0.3 is 14.8 Å². The highest BCUT2D eigenvalue weighted by Gasteiger charge is 2.16. The summed E-state index contributed by atoms with van der Waals surface area (Å²) in [5, 5.41) is 13.5. The summed E-state index contributed by atoms with van der Waals surface area (Å²) in [6, 6.07) is 10.2. The number of anilines is 1. The lowest BCUT2D eigenvalue weighted by Gasteiger charge is -2.09. The molecule has 1 N–H and O–H groups in total. The monoisotopic (exact) mass is 330 g/mol. The molecule has 0 aliphatic rings. The van der Waals surface area contributed by atoms with Crippen molar-refractivity contribution in [2.24, 2.45) is 0 Å². The Labute approximate surface area is 137 Å². The van der Waals surface area contributed by atoms with E-state index < -0.39 is 18.5 Å². The standard InChI is InChI=1S/C16H14N2O4S/c1-2-21-13-6-4-3-5-12(13)16(20)22-10-14(19)18-15-11(9-17)7-8-23-15/h3-8H,2,10H2,1H3,(H,18,19). The van der Waals surface area contributed by atoms with E-state index in [2.05, 4.69) is 5.32 Å². The molecule has 0 aliphatic heterocycles. The van der Waals surface area contributed by atoms with Gasteiger partial charge in [0, 0.05) is 0 Å². The first kappa shape index (κ1) is 16.5. The average molecular weight is 330 g/mol. The van der Waals surface area contributed by atoms with Crippen molar-refractivity contribution in [2.45, 2.75) is 6.92 Å². The minimum absolute atomic E-state index is 0.260. The second-order valence-electron chi connectivity index (χ2n) is 4.33. The van der Waals surface area contributed by atoms with E-state index >= 15 is 0 Å². The van der Waals surface area contributed by atoms with Crippen LogP contribution in [0.4, 0.5) is 5.00 Å². The zero-order valence-electron chi connectivity index (χ0n) is 12.4. The van der Waals surface area contributed by atoms with Crippen LogP contribution < -0.4 is 10.1 Å². The summed E-state index contributed by atoms with van der Waals surface area (Å²) in [7, 11) is 0. The fraction of sp³-hybridized carbons (Fsp3) is 0.188. The second-order valence-corrected chi connectivity index (χ2v) is 5.24. The number of nitriles is 1. The predicted octanol–water partition coefficient (Wildman–Crippen LogP) is 2.81. The maximum Gasteiger partial charge on any atom is 0.342 e. The quantitative estimate of drug-likeness (QED) is 0.823. The van der Waals surface area contributed by atoms with Gasteiger partial charge in [0.25, 0.3) is 5.91 Å². The van der Waals surface area contributed by atoms with Gasteiger partial charge in [-0.1, -0.05) is 12.1 Å². The SMILES string of the molecule is CCOc1ccccc1C(=O)OCC(=O)Nc1sccc1C#N. The molecule has 0 aliphatic carbocycles. The van der Waals surface area contributed by atoms with Gasteiger partial charge in [-0.05, 0) is 30.5 Å². The normalized spacial score (nSPS) is 9.74. The molecule has 1 aromatic heterocycles. The minimum atomic E-state index is -0.643. The molecule has 2 aromatic rings. The number of nitrogens with one attached hydrogen (secondary N) is 1. The third-order valence-corrected chi connectivity index (χ3v) is 3.61. The van der Waals surface area contributed by atoms with Crippen LogP contribution in [-0.4, -0.2) is 25.1 Å². The molecule has 118 valence electrons. The summed E-state index contributed by atoms with van der Waals surface area (Å²) in [5.41, 5.74) is 0.632. The number of para-hydroxylation sites is 1. The molecule has 1 amide bonds. The summed E-state index contributed by atoms with van der Waals surface area (Å²) in [6.07, 6.45) is 0. The van der Waals surface area contributed by atoms with Gasteiger partial charge >= 0.3 is 5.97 Å². The van der Waals surface area contributed by atoms with Crippen LogP contribution in [0.5, 0.6) is 5.75 Å². The molecule has 0 atom stereocenters. The van der Waals surface area contributed by atoms with Gasteiger partial charge in [0.05, 0.1) is 12.2 Å². The van der Waals surface area contributed by atoms with E-state index in [0.717, 1.165) is 0 Å². The summed E-state index contributed by atoms with van der Waals surface area (Å²) < 4.78 is 10.3. The van der Waals surface area contributed by atoms with Crippen LogP contribution in [0.15, 0.2) is 35.7 Å². The van der Waals surface area contributed by atoms with E-state index in [1.54, 1.807) is 35.7 Å². The number of nitrogens with zero attached hydrogens (tertiary/aromatic N) is 1. The Hall–Kier alpha value is -2.85. The third kappa shape index (κ3) is 4.31. The van der Waals surface area contributed by atoms with Crippen LogP contribution >= 0.6 is 11.3 Å². The average Bonchev–Trinajstić information content (AvgIpc) is 3.00. The first-order valence-corrected chi connectivity index (χ1v) is 7.70. The minimum Gasteiger partial charge on any atom is -0.493 e. The first-order valence-electron chi connectivity index (χ1n) is 6.82. The van der Waals surface area contributed by atoms with Gasteiger partial charge in [-0.15, -0.1) is 11.3 Å². The van der Waals surface area contributed by atoms with Crippen LogP contribution in [0.25, 0.3) is 0 Å². The van der Waals surface area contributed by atoms with E-state index in [9.17, 15) is 9.59 Å². The van der Waals surface area contributed by atoms with Gasteiger partial charge in [-0.25, -0.2) is 4.79 Å². The van der Waals surface area contributed by atoms with Gasteiger partial charge in [-0.2, -0.15) is 5.26 Å². The number of carbonyl (C=O) groups is 2. The molecular formula is C16H14N2O4S. The van der Waals surface area contributed by atoms with Crippen molar-refractivity contribution in [2.75, 3.05) is 18.5 Å². The highest BCUT2D eigenvalue weighted by molar-refractivity contribution is 7.14. The molecule has 23 heavy (non-hydrogen) atoms. The third-order valence-electron chi connectivity index (χ3n) is 2.78. The topological polar surface area (TPSA) is 88.4 Å². The lowest BCUT2D eigenvalue weighted by atomic mass is 10.2. The van der Waals surface area contributed by atoms with Gasteiger partial charge in [0.1, 0.15) is 22.4 Å². The van der Waals surface area contributed by atoms with Crippen molar-refractivity contribution >= 4 is 28.2 Å². The Balaban J connectivity index is 1.94. The molecule has 2 rings (SSSR count). The highest BCUT2D eigenvalue weighted by atomic mass is 32.1. The van der Waals surface area contributed by atoms with E-state index in [4.69, 9.17) is 14.7 Å². The first-order chi connectivity index (χ1) is 11.2. The molecular weight excluding hydrogens is 316 g/mol. The zero-order valence-corrected chi connectivity index (χ0v) is 13.2. The highest BCUT2D eigenvalue weighted by Crippen LogP contribution is 2.22. The number of rotatable bonds is 6. The Kier molecular flexibility index (Phi) is 5.72. The summed E-state index contributed by atoms with van der Waals surface area (Å²) in [6.45, 7) is 1.78. The summed E-state index contributed by atoms with van der Waals surface area (Å²) in [5.74, 6) is -0.743. The summed E-state index contributed by atoms with van der Waals surface area (Å²) in [4.78, 5) is 23.8. The van der Waals surface area contributed by atoms with Crippen molar-refractivity contribution in [1.29, 1.82) is 5.26 Å². The number of amides is 1. The van der Waals surface area contributed by atoms with Gasteiger partial charge in [0.15, 0.2) is 6.61 Å². The Morgan fingerprint density at radius 3 is 2.83 bits per heavy atom. The number of hydrogen-bond acceptors (Lipinski definition) is 6. The fourth-order valence-electron chi connectivity index (χ4n) is 1.78. The van der Waals surface area contributed by atoms with E-state index in [1.165, 1.54) is 11.3 Å². The fourth-order valence-corrected chi connectivity index (χ4v) is 2.54. The van der Waals surface area contributed by atoms with E-state index in [-0.39, 0.29) is 5.56 Å². The van der Waals surface area contributed by atoms with E-state index in [0.29, 0.717) is 22.9 Å². The molecule has 0 bridgehead atoms. The van der Waals surface area contributed by atoms with Crippen LogP contribution in [-0.2, 0) is 9.53 Å². The van der Waals surface area contributed by atoms with Crippen molar-refractivity contribution < 1.29 is 19.1 Å². The van der Waals surface area contributed by atoms with Crippen LogP contribution in [0.1, 0.15) is 22.8 Å². The maximum atomic E-state index is 12.0. The Morgan fingerprint density at radius 2 is 2.09 bits per heavy atom. The van der Waals surface area contributed by atoms with E-state index in [1.807, 2.05) is 13.0 Å². The second kappa shape index (κ2) is 7.96. The van der Waals surface area contributed by atoms with Gasteiger partial charge in [-0.3, -0.25) is 4.79 Å². The largest absolute Gasteiger partial charge is 0.493 e. The molecule has 7 heteroatoms. The number of ether oxygens (including phenoxy) is 2. The van der Waals surface area contributed by atoms with Gasteiger partial charge in [0.2, 0.25) is 0 Å². The van der Waals surface area contributed by atoms with Crippen molar-refractivity contribution in [1.82, 2.24) is 0 Å². The molecule has 0 spiro atoms. The number of benzene rings is 1. The molecule has 0 saturated carbocycles. The number of hydrogen-bond donors (Lipinski definition) is 1. The maximum absolute atomic E-state index is 12.0. The molecule has 1 aromatic carbocycles. The summed E-state index contributed by atoms with van der Waals surface area (Å²) >= 11 is 1.23. The lowest BCUT2D eigenvalue weighted by Crippen LogP contribution is -2.21. The predicted molar refractivity (Wildman–Crippen MR) is 85.6 cm³/mol. The molecule has 6 nitrogen and oxygen atoms in total. The number of thiophene rings is 1. The molecule has 1 heterocycles. The Morgan fingerprint density at radius 1 is 1.30 bits per heavy atom. The molecule has 0 unspecified atom stereocenters. The molecule has 0 fully saturated rings.